The van der Waals surface area contributed by atoms with Crippen molar-refractivity contribution in [2.24, 2.45) is 10.9 Å². The molecule has 1 fully saturated rings. The topological polar surface area (TPSA) is 88.5 Å². The summed E-state index contributed by atoms with van der Waals surface area (Å²) in [5, 5.41) is 3.23. The number of nitrogens with zero attached hydrogens (tertiary/aromatic N) is 3. The number of fused-ring (bicyclic) bond motifs is 1. The SMILES string of the molecule is CCOC(=O)C1CCN(C(=O)CC2=CSC3=NC(C)=C(C(=O)OC(C)C)C(c4ccc(Cl)cc4)N23)CC1. The van der Waals surface area contributed by atoms with E-state index in [9.17, 15) is 14.4 Å². The predicted octanol–water partition coefficient (Wildman–Crippen LogP) is 5.06. The molecule has 1 atom stereocenters. The van der Waals surface area contributed by atoms with Crippen LogP contribution in [-0.4, -0.2) is 58.6 Å². The molecule has 1 aromatic carbocycles. The van der Waals surface area contributed by atoms with Gasteiger partial charge in [0.15, 0.2) is 5.17 Å². The lowest BCUT2D eigenvalue weighted by molar-refractivity contribution is -0.151. The number of amidine groups is 1. The van der Waals surface area contributed by atoms with Crippen LogP contribution in [-0.2, 0) is 23.9 Å². The molecule has 3 heterocycles. The monoisotopic (exact) mass is 545 g/mol. The third-order valence-electron chi connectivity index (χ3n) is 6.55. The molecule has 10 heteroatoms. The summed E-state index contributed by atoms with van der Waals surface area (Å²) in [6.45, 7) is 8.60. The maximum absolute atomic E-state index is 13.3. The number of likely N-dealkylation sites (tertiary alicyclic amines) is 1. The van der Waals surface area contributed by atoms with Gasteiger partial charge in [-0.05, 0) is 63.6 Å². The number of piperidine rings is 1. The van der Waals surface area contributed by atoms with E-state index in [4.69, 9.17) is 26.1 Å². The van der Waals surface area contributed by atoms with Gasteiger partial charge in [0.05, 0.1) is 42.4 Å². The summed E-state index contributed by atoms with van der Waals surface area (Å²) in [4.78, 5) is 47.1. The summed E-state index contributed by atoms with van der Waals surface area (Å²) in [6.07, 6.45) is 1.06. The van der Waals surface area contributed by atoms with Crippen LogP contribution >= 0.6 is 23.4 Å². The van der Waals surface area contributed by atoms with Crippen LogP contribution < -0.4 is 0 Å². The summed E-state index contributed by atoms with van der Waals surface area (Å²) in [5.74, 6) is -0.808. The van der Waals surface area contributed by atoms with Gasteiger partial charge >= 0.3 is 11.9 Å². The number of amides is 1. The highest BCUT2D eigenvalue weighted by molar-refractivity contribution is 8.16. The second kappa shape index (κ2) is 11.7. The lowest BCUT2D eigenvalue weighted by Crippen LogP contribution is -2.42. The van der Waals surface area contributed by atoms with Crippen LogP contribution in [0.2, 0.25) is 5.02 Å². The molecule has 0 saturated carbocycles. The highest BCUT2D eigenvalue weighted by atomic mass is 35.5. The number of hydrogen-bond acceptors (Lipinski definition) is 8. The Balaban J connectivity index is 1.56. The number of allylic oxidation sites excluding steroid dienone is 1. The average molecular weight is 546 g/mol. The summed E-state index contributed by atoms with van der Waals surface area (Å²) < 4.78 is 10.7. The van der Waals surface area contributed by atoms with Gasteiger partial charge in [0.2, 0.25) is 5.91 Å². The van der Waals surface area contributed by atoms with Gasteiger partial charge in [0, 0.05) is 23.8 Å². The van der Waals surface area contributed by atoms with Gasteiger partial charge in [-0.1, -0.05) is 35.5 Å². The first kappa shape index (κ1) is 27.3. The van der Waals surface area contributed by atoms with Crippen molar-refractivity contribution in [1.82, 2.24) is 9.80 Å². The maximum atomic E-state index is 13.3. The fourth-order valence-electron chi connectivity index (χ4n) is 4.76. The lowest BCUT2D eigenvalue weighted by Gasteiger charge is -2.37. The summed E-state index contributed by atoms with van der Waals surface area (Å²) in [7, 11) is 0. The fourth-order valence-corrected chi connectivity index (χ4v) is 5.85. The van der Waals surface area contributed by atoms with Crippen LogP contribution in [0, 0.1) is 5.92 Å². The third kappa shape index (κ3) is 6.04. The molecule has 1 unspecified atom stereocenters. The van der Waals surface area contributed by atoms with Crippen LogP contribution in [0.15, 0.2) is 51.6 Å². The van der Waals surface area contributed by atoms with E-state index >= 15 is 0 Å². The third-order valence-corrected chi connectivity index (χ3v) is 7.69. The number of aliphatic imine (C=N–C) groups is 1. The standard InChI is InChI=1S/C27H32ClN3O5S/c1-5-35-25(33)19-10-12-30(13-11-19)22(32)14-21-15-37-27-29-17(4)23(26(34)36-16(2)3)24(31(21)27)18-6-8-20(28)9-7-18/h6-9,15-16,19,24H,5,10-14H2,1-4H3. The molecule has 1 amide bonds. The number of benzene rings is 1. The maximum Gasteiger partial charge on any atom is 0.338 e. The smallest absolute Gasteiger partial charge is 0.338 e. The lowest BCUT2D eigenvalue weighted by atomic mass is 9.93. The number of carbonyl (C=O) groups is 3. The Kier molecular flexibility index (Phi) is 8.64. The number of rotatable bonds is 7. The molecule has 1 aromatic rings. The van der Waals surface area contributed by atoms with E-state index in [1.807, 2.05) is 43.2 Å². The Morgan fingerprint density at radius 1 is 1.16 bits per heavy atom. The molecule has 0 aliphatic carbocycles. The zero-order valence-electron chi connectivity index (χ0n) is 21.5. The first-order chi connectivity index (χ1) is 17.7. The predicted molar refractivity (Wildman–Crippen MR) is 144 cm³/mol. The first-order valence-corrected chi connectivity index (χ1v) is 13.8. The fraction of sp³-hybridized carbons (Fsp3) is 0.481. The number of carbonyl (C=O) groups excluding carboxylic acids is 3. The second-order valence-electron chi connectivity index (χ2n) is 9.48. The minimum atomic E-state index is -0.500. The average Bonchev–Trinajstić information content (AvgIpc) is 3.25. The van der Waals surface area contributed by atoms with Crippen molar-refractivity contribution in [3.63, 3.8) is 0 Å². The van der Waals surface area contributed by atoms with Crippen molar-refractivity contribution in [3.05, 3.63) is 57.2 Å². The van der Waals surface area contributed by atoms with E-state index in [2.05, 4.69) is 0 Å². The number of halogens is 1. The Morgan fingerprint density at radius 2 is 1.84 bits per heavy atom. The van der Waals surface area contributed by atoms with E-state index < -0.39 is 12.0 Å². The van der Waals surface area contributed by atoms with Crippen LogP contribution in [0.4, 0.5) is 0 Å². The van der Waals surface area contributed by atoms with Crippen LogP contribution in [0.25, 0.3) is 0 Å². The molecule has 8 nitrogen and oxygen atoms in total. The van der Waals surface area contributed by atoms with E-state index in [0.717, 1.165) is 11.3 Å². The van der Waals surface area contributed by atoms with Crippen molar-refractivity contribution < 1.29 is 23.9 Å². The second-order valence-corrected chi connectivity index (χ2v) is 10.8. The molecular weight excluding hydrogens is 514 g/mol. The van der Waals surface area contributed by atoms with Gasteiger partial charge < -0.3 is 19.3 Å². The quantitative estimate of drug-likeness (QED) is 0.442. The van der Waals surface area contributed by atoms with Crippen molar-refractivity contribution >= 4 is 46.4 Å². The summed E-state index contributed by atoms with van der Waals surface area (Å²) >= 11 is 7.59. The summed E-state index contributed by atoms with van der Waals surface area (Å²) in [6, 6.07) is 6.84. The van der Waals surface area contributed by atoms with E-state index in [-0.39, 0.29) is 30.3 Å². The molecule has 0 aromatic heterocycles. The van der Waals surface area contributed by atoms with Gasteiger partial charge in [-0.25, -0.2) is 9.79 Å². The molecule has 3 aliphatic rings. The minimum Gasteiger partial charge on any atom is -0.466 e. The molecular formula is C27H32ClN3O5S. The van der Waals surface area contributed by atoms with Gasteiger partial charge in [-0.15, -0.1) is 0 Å². The van der Waals surface area contributed by atoms with Crippen molar-refractivity contribution in [2.75, 3.05) is 19.7 Å². The molecule has 0 spiro atoms. The summed E-state index contributed by atoms with van der Waals surface area (Å²) in [5.41, 5.74) is 2.65. The highest BCUT2D eigenvalue weighted by Gasteiger charge is 2.42. The molecule has 0 bridgehead atoms. The van der Waals surface area contributed by atoms with Crippen molar-refractivity contribution in [1.29, 1.82) is 0 Å². The van der Waals surface area contributed by atoms with Gasteiger partial charge in [-0.2, -0.15) is 0 Å². The van der Waals surface area contributed by atoms with Gasteiger partial charge in [-0.3, -0.25) is 9.59 Å². The Labute approximate surface area is 226 Å². The zero-order valence-corrected chi connectivity index (χ0v) is 23.1. The van der Waals surface area contributed by atoms with Crippen LogP contribution in [0.1, 0.15) is 58.6 Å². The van der Waals surface area contributed by atoms with E-state index in [0.29, 0.717) is 54.0 Å². The minimum absolute atomic E-state index is 0.0251. The Morgan fingerprint density at radius 3 is 2.46 bits per heavy atom. The van der Waals surface area contributed by atoms with Crippen molar-refractivity contribution in [2.45, 2.75) is 59.1 Å². The van der Waals surface area contributed by atoms with Crippen molar-refractivity contribution in [3.8, 4) is 0 Å². The van der Waals surface area contributed by atoms with E-state index in [1.165, 1.54) is 11.8 Å². The molecule has 3 aliphatic heterocycles. The van der Waals surface area contributed by atoms with Gasteiger partial charge in [0.1, 0.15) is 0 Å². The molecule has 198 valence electrons. The number of thioether (sulfide) groups is 1. The number of ether oxygens (including phenoxy) is 2. The Hall–Kier alpha value is -2.78. The van der Waals surface area contributed by atoms with Crippen LogP contribution in [0.5, 0.6) is 0 Å². The van der Waals surface area contributed by atoms with Gasteiger partial charge in [0.25, 0.3) is 0 Å². The number of hydrogen-bond donors (Lipinski definition) is 0. The molecule has 1 saturated heterocycles. The van der Waals surface area contributed by atoms with Crippen LogP contribution in [0.3, 0.4) is 0 Å². The normalized spacial score (nSPS) is 20.0. The highest BCUT2D eigenvalue weighted by Crippen LogP contribution is 2.45. The molecule has 37 heavy (non-hydrogen) atoms. The molecule has 0 N–H and O–H groups in total. The molecule has 4 rings (SSSR count). The van der Waals surface area contributed by atoms with E-state index in [1.54, 1.807) is 24.0 Å². The zero-order chi connectivity index (χ0) is 26.7. The largest absolute Gasteiger partial charge is 0.466 e. The molecule has 0 radical (unpaired) electrons. The Bertz CT molecular complexity index is 1150. The first-order valence-electron chi connectivity index (χ1n) is 12.5. The number of esters is 2.